The van der Waals surface area contributed by atoms with Gasteiger partial charge in [0.05, 0.1) is 23.7 Å². The number of aliphatic hydroxyl groups is 1. The lowest BCUT2D eigenvalue weighted by atomic mass is 9.89. The quantitative estimate of drug-likeness (QED) is 0.758. The zero-order chi connectivity index (χ0) is 18.1. The van der Waals surface area contributed by atoms with Crippen LogP contribution in [-0.2, 0) is 17.8 Å². The average Bonchev–Trinajstić information content (AvgIpc) is 3.21. The van der Waals surface area contributed by atoms with Gasteiger partial charge < -0.3 is 14.5 Å². The van der Waals surface area contributed by atoms with Crippen LogP contribution in [0.2, 0.25) is 0 Å². The first-order valence-corrected chi connectivity index (χ1v) is 8.72. The molecule has 8 heteroatoms. The number of fused-ring (bicyclic) bond motifs is 1. The molecule has 1 saturated heterocycles. The first kappa shape index (κ1) is 16.7. The van der Waals surface area contributed by atoms with Crippen molar-refractivity contribution in [3.63, 3.8) is 0 Å². The molecule has 0 radical (unpaired) electrons. The lowest BCUT2D eigenvalue weighted by molar-refractivity contribution is -0.139. The van der Waals surface area contributed by atoms with Gasteiger partial charge in [-0.15, -0.1) is 0 Å². The highest BCUT2D eigenvalue weighted by Gasteiger charge is 2.37. The van der Waals surface area contributed by atoms with Gasteiger partial charge >= 0.3 is 0 Å². The van der Waals surface area contributed by atoms with E-state index in [9.17, 15) is 9.90 Å². The number of carbonyl (C=O) groups excluding carboxylic acids is 1. The van der Waals surface area contributed by atoms with Crippen LogP contribution in [0.25, 0.3) is 10.9 Å². The molecule has 26 heavy (non-hydrogen) atoms. The molecule has 1 unspecified atom stereocenters. The Morgan fingerprint density at radius 2 is 2.23 bits per heavy atom. The summed E-state index contributed by atoms with van der Waals surface area (Å²) in [4.78, 5) is 18.6. The van der Waals surface area contributed by atoms with Gasteiger partial charge in [0.25, 0.3) is 0 Å². The second kappa shape index (κ2) is 6.53. The lowest BCUT2D eigenvalue weighted by Gasteiger charge is -2.38. The number of likely N-dealkylation sites (tertiary alicyclic amines) is 1. The Labute approximate surface area is 150 Å². The first-order valence-electron chi connectivity index (χ1n) is 8.72. The Bertz CT molecular complexity index is 934. The molecule has 1 aliphatic rings. The third-order valence-corrected chi connectivity index (χ3v) is 4.79. The summed E-state index contributed by atoms with van der Waals surface area (Å²) in [6.07, 6.45) is 3.34. The van der Waals surface area contributed by atoms with Crippen LogP contribution in [0, 0.1) is 6.92 Å². The van der Waals surface area contributed by atoms with Crippen LogP contribution < -0.4 is 0 Å². The van der Waals surface area contributed by atoms with Crippen molar-refractivity contribution in [2.45, 2.75) is 38.3 Å². The van der Waals surface area contributed by atoms with Crippen molar-refractivity contribution >= 4 is 16.8 Å². The zero-order valence-corrected chi connectivity index (χ0v) is 14.6. The van der Waals surface area contributed by atoms with E-state index < -0.39 is 5.60 Å². The fourth-order valence-electron chi connectivity index (χ4n) is 3.54. The number of nitrogens with zero attached hydrogens (tertiary/aromatic N) is 5. The molecule has 1 N–H and O–H groups in total. The van der Waals surface area contributed by atoms with Crippen LogP contribution in [-0.4, -0.2) is 54.5 Å². The van der Waals surface area contributed by atoms with Gasteiger partial charge in [0, 0.05) is 18.5 Å². The fourth-order valence-corrected chi connectivity index (χ4v) is 3.54. The number of rotatable bonds is 4. The van der Waals surface area contributed by atoms with Crippen molar-refractivity contribution in [1.29, 1.82) is 0 Å². The Kier molecular flexibility index (Phi) is 4.20. The molecule has 1 fully saturated rings. The molecule has 0 bridgehead atoms. The SMILES string of the molecule is Cc1noc(CC2(O)CCCN(C(=O)Cn3ncc4ccccc43)C2)n1. The molecule has 1 aliphatic heterocycles. The van der Waals surface area contributed by atoms with Crippen molar-refractivity contribution in [1.82, 2.24) is 24.8 Å². The molecule has 1 atom stereocenters. The molecule has 8 nitrogen and oxygen atoms in total. The highest BCUT2D eigenvalue weighted by Crippen LogP contribution is 2.25. The maximum absolute atomic E-state index is 12.8. The fraction of sp³-hybridized carbons (Fsp3) is 0.444. The maximum atomic E-state index is 12.8. The van der Waals surface area contributed by atoms with E-state index in [4.69, 9.17) is 4.52 Å². The molecule has 2 aromatic heterocycles. The van der Waals surface area contributed by atoms with Gasteiger partial charge in [0.2, 0.25) is 11.8 Å². The van der Waals surface area contributed by atoms with E-state index in [1.165, 1.54) is 0 Å². The van der Waals surface area contributed by atoms with E-state index >= 15 is 0 Å². The molecule has 3 aromatic rings. The van der Waals surface area contributed by atoms with Gasteiger partial charge in [-0.05, 0) is 25.8 Å². The van der Waals surface area contributed by atoms with Crippen molar-refractivity contribution in [2.24, 2.45) is 0 Å². The number of aryl methyl sites for hydroxylation is 1. The molecular formula is C18H21N5O3. The standard InChI is InChI=1S/C18H21N5O3/c1-13-20-16(26-21-13)9-18(25)7-4-8-22(12-18)17(24)11-23-15-6-3-2-5-14(15)10-19-23/h2-3,5-6,10,25H,4,7-9,11-12H2,1H3. The number of hydrogen-bond acceptors (Lipinski definition) is 6. The van der Waals surface area contributed by atoms with Gasteiger partial charge in [-0.25, -0.2) is 0 Å². The summed E-state index contributed by atoms with van der Waals surface area (Å²) in [6.45, 7) is 2.78. The van der Waals surface area contributed by atoms with Crippen molar-refractivity contribution in [3.05, 3.63) is 42.2 Å². The normalized spacial score (nSPS) is 20.6. The van der Waals surface area contributed by atoms with E-state index in [0.717, 1.165) is 17.3 Å². The number of hydrogen-bond donors (Lipinski definition) is 1. The second-order valence-corrected chi connectivity index (χ2v) is 6.92. The highest BCUT2D eigenvalue weighted by molar-refractivity contribution is 5.82. The van der Waals surface area contributed by atoms with Crippen LogP contribution in [0.4, 0.5) is 0 Å². The van der Waals surface area contributed by atoms with Crippen molar-refractivity contribution in [3.8, 4) is 0 Å². The monoisotopic (exact) mass is 355 g/mol. The van der Waals surface area contributed by atoms with E-state index in [1.807, 2.05) is 24.3 Å². The van der Waals surface area contributed by atoms with Crippen molar-refractivity contribution < 1.29 is 14.4 Å². The molecule has 136 valence electrons. The lowest BCUT2D eigenvalue weighted by Crippen LogP contribution is -2.52. The molecule has 3 heterocycles. The summed E-state index contributed by atoms with van der Waals surface area (Å²) in [7, 11) is 0. The van der Waals surface area contributed by atoms with E-state index in [0.29, 0.717) is 24.7 Å². The summed E-state index contributed by atoms with van der Waals surface area (Å²) in [6, 6.07) is 7.78. The van der Waals surface area contributed by atoms with Crippen LogP contribution in [0.5, 0.6) is 0 Å². The number of para-hydroxylation sites is 1. The molecule has 0 spiro atoms. The first-order chi connectivity index (χ1) is 12.5. The Balaban J connectivity index is 1.46. The van der Waals surface area contributed by atoms with Crippen LogP contribution in [0.15, 0.2) is 35.0 Å². The summed E-state index contributed by atoms with van der Waals surface area (Å²) in [5.74, 6) is 0.883. The number of benzene rings is 1. The number of aromatic nitrogens is 4. The predicted octanol–water partition coefficient (Wildman–Crippen LogP) is 1.32. The van der Waals surface area contributed by atoms with Crippen LogP contribution in [0.1, 0.15) is 24.6 Å². The highest BCUT2D eigenvalue weighted by atomic mass is 16.5. The smallest absolute Gasteiger partial charge is 0.244 e. The number of β-amino-alcohol motifs (C(OH)–C–C–N with tert-alkyl or cyclic N) is 1. The largest absolute Gasteiger partial charge is 0.388 e. The average molecular weight is 355 g/mol. The van der Waals surface area contributed by atoms with Gasteiger partial charge in [-0.2, -0.15) is 10.1 Å². The zero-order valence-electron chi connectivity index (χ0n) is 14.6. The Morgan fingerprint density at radius 1 is 1.38 bits per heavy atom. The molecule has 0 saturated carbocycles. The van der Waals surface area contributed by atoms with E-state index in [2.05, 4.69) is 15.2 Å². The molecule has 4 rings (SSSR count). The van der Waals surface area contributed by atoms with Gasteiger partial charge in [-0.3, -0.25) is 9.48 Å². The predicted molar refractivity (Wildman–Crippen MR) is 93.2 cm³/mol. The molecule has 1 amide bonds. The minimum Gasteiger partial charge on any atom is -0.388 e. The molecule has 0 aliphatic carbocycles. The number of piperidine rings is 1. The third kappa shape index (κ3) is 3.32. The topological polar surface area (TPSA) is 97.3 Å². The van der Waals surface area contributed by atoms with Gasteiger partial charge in [0.15, 0.2) is 5.82 Å². The minimum atomic E-state index is -1.04. The minimum absolute atomic E-state index is 0.0568. The summed E-state index contributed by atoms with van der Waals surface area (Å²) in [5, 5.41) is 20.0. The van der Waals surface area contributed by atoms with Crippen LogP contribution >= 0.6 is 0 Å². The molecular weight excluding hydrogens is 334 g/mol. The third-order valence-electron chi connectivity index (χ3n) is 4.79. The number of carbonyl (C=O) groups is 1. The van der Waals surface area contributed by atoms with Gasteiger partial charge in [-0.1, -0.05) is 23.4 Å². The van der Waals surface area contributed by atoms with Crippen LogP contribution in [0.3, 0.4) is 0 Å². The van der Waals surface area contributed by atoms with E-state index in [1.54, 1.807) is 22.7 Å². The molecule has 1 aromatic carbocycles. The summed E-state index contributed by atoms with van der Waals surface area (Å²) in [5.41, 5.74) is -0.117. The van der Waals surface area contributed by atoms with Gasteiger partial charge in [0.1, 0.15) is 6.54 Å². The number of amides is 1. The summed E-state index contributed by atoms with van der Waals surface area (Å²) >= 11 is 0. The Morgan fingerprint density at radius 3 is 3.04 bits per heavy atom. The van der Waals surface area contributed by atoms with Crippen molar-refractivity contribution in [2.75, 3.05) is 13.1 Å². The summed E-state index contributed by atoms with van der Waals surface area (Å²) < 4.78 is 6.82. The maximum Gasteiger partial charge on any atom is 0.244 e. The second-order valence-electron chi connectivity index (χ2n) is 6.92. The Hall–Kier alpha value is -2.74. The van der Waals surface area contributed by atoms with E-state index in [-0.39, 0.29) is 25.4 Å².